The molecule has 30 heavy (non-hydrogen) atoms. The van der Waals surface area contributed by atoms with E-state index >= 15 is 0 Å². The third-order valence-corrected chi connectivity index (χ3v) is 4.05. The van der Waals surface area contributed by atoms with E-state index in [1.165, 1.54) is 18.2 Å². The molecule has 0 spiro atoms. The molecule has 0 unspecified atom stereocenters. The summed E-state index contributed by atoms with van der Waals surface area (Å²) in [6, 6.07) is 11.6. The summed E-state index contributed by atoms with van der Waals surface area (Å²) in [4.78, 5) is 25.4. The summed E-state index contributed by atoms with van der Waals surface area (Å²) in [5, 5.41) is 11.8. The topological polar surface area (TPSA) is 96.2 Å². The highest BCUT2D eigenvalue weighted by Crippen LogP contribution is 2.22. The summed E-state index contributed by atoms with van der Waals surface area (Å²) in [6.45, 7) is -0.438. The fourth-order valence-corrected chi connectivity index (χ4v) is 2.57. The first-order valence-corrected chi connectivity index (χ1v) is 8.91. The minimum Gasteiger partial charge on any atom is -0.456 e. The molecule has 1 heterocycles. The van der Waals surface area contributed by atoms with Crippen molar-refractivity contribution in [2.45, 2.75) is 27.0 Å². The number of hydrogen-bond donors (Lipinski definition) is 0. The number of alkyl halides is 2. The van der Waals surface area contributed by atoms with Crippen LogP contribution in [-0.4, -0.2) is 45.2 Å². The number of nitrogens with zero attached hydrogens (tertiary/aromatic N) is 4. The predicted octanol–water partition coefficient (Wildman–Crippen LogP) is 2.98. The Morgan fingerprint density at radius 1 is 1.07 bits per heavy atom. The zero-order valence-corrected chi connectivity index (χ0v) is 16.2. The van der Waals surface area contributed by atoms with E-state index < -0.39 is 25.0 Å². The zero-order valence-electron chi connectivity index (χ0n) is 16.2. The van der Waals surface area contributed by atoms with Gasteiger partial charge in [0.05, 0.1) is 5.56 Å². The first kappa shape index (κ1) is 21.0. The lowest BCUT2D eigenvalue weighted by Crippen LogP contribution is -2.20. The molecule has 0 saturated carbocycles. The van der Waals surface area contributed by atoms with Crippen molar-refractivity contribution in [3.8, 4) is 17.1 Å². The van der Waals surface area contributed by atoms with Crippen LogP contribution in [0.3, 0.4) is 0 Å². The van der Waals surface area contributed by atoms with E-state index in [1.54, 1.807) is 6.92 Å². The van der Waals surface area contributed by atoms with Crippen LogP contribution in [0.1, 0.15) is 21.5 Å². The van der Waals surface area contributed by atoms with E-state index in [0.717, 1.165) is 15.9 Å². The van der Waals surface area contributed by atoms with Crippen molar-refractivity contribution < 1.29 is 27.8 Å². The van der Waals surface area contributed by atoms with Gasteiger partial charge in [-0.1, -0.05) is 41.5 Å². The molecule has 1 aromatic heterocycles. The SMILES string of the molecule is Cc1ccc(-c2nnn(CC(=O)OCC(=O)c3cc(C)ccc3OC(F)F)n2)cc1. The van der Waals surface area contributed by atoms with Crippen molar-refractivity contribution >= 4 is 11.8 Å². The molecule has 0 bridgehead atoms. The molecule has 0 aliphatic heterocycles. The van der Waals surface area contributed by atoms with Gasteiger partial charge in [-0.05, 0) is 31.2 Å². The number of Topliss-reactive ketones (excluding diaryl/α,β-unsaturated/α-hetero) is 1. The van der Waals surface area contributed by atoms with Crippen molar-refractivity contribution in [1.82, 2.24) is 20.2 Å². The summed E-state index contributed by atoms with van der Waals surface area (Å²) in [6.07, 6.45) is 0. The summed E-state index contributed by atoms with van der Waals surface area (Å²) < 4.78 is 34.3. The molecule has 0 aliphatic carbocycles. The van der Waals surface area contributed by atoms with Crippen molar-refractivity contribution in [1.29, 1.82) is 0 Å². The molecule has 156 valence electrons. The average molecular weight is 416 g/mol. The predicted molar refractivity (Wildman–Crippen MR) is 101 cm³/mol. The molecule has 8 nitrogen and oxygen atoms in total. The van der Waals surface area contributed by atoms with Gasteiger partial charge in [0.25, 0.3) is 0 Å². The van der Waals surface area contributed by atoms with Crippen LogP contribution < -0.4 is 4.74 Å². The summed E-state index contributed by atoms with van der Waals surface area (Å²) in [5.41, 5.74) is 2.39. The number of rotatable bonds is 8. The highest BCUT2D eigenvalue weighted by Gasteiger charge is 2.18. The Morgan fingerprint density at radius 3 is 2.47 bits per heavy atom. The van der Waals surface area contributed by atoms with Crippen molar-refractivity contribution in [2.24, 2.45) is 0 Å². The van der Waals surface area contributed by atoms with Crippen LogP contribution >= 0.6 is 0 Å². The molecule has 10 heteroatoms. The molecule has 0 radical (unpaired) electrons. The van der Waals surface area contributed by atoms with E-state index in [4.69, 9.17) is 4.74 Å². The molecule has 3 rings (SSSR count). The van der Waals surface area contributed by atoms with E-state index in [1.807, 2.05) is 31.2 Å². The number of aryl methyl sites for hydroxylation is 2. The molecule has 0 amide bonds. The first-order chi connectivity index (χ1) is 14.3. The molecule has 0 fully saturated rings. The van der Waals surface area contributed by atoms with E-state index in [9.17, 15) is 18.4 Å². The van der Waals surface area contributed by atoms with Crippen LogP contribution in [0.25, 0.3) is 11.4 Å². The number of tetrazole rings is 1. The van der Waals surface area contributed by atoms with Crippen LogP contribution in [0.15, 0.2) is 42.5 Å². The standard InChI is InChI=1S/C20H18F2N4O4/c1-12-3-6-14(7-4-12)19-23-25-26(24-19)10-18(28)29-11-16(27)15-9-13(2)5-8-17(15)30-20(21)22/h3-9,20H,10-11H2,1-2H3. The van der Waals surface area contributed by atoms with Gasteiger partial charge in [-0.2, -0.15) is 13.6 Å². The van der Waals surface area contributed by atoms with Gasteiger partial charge in [0.1, 0.15) is 5.75 Å². The lowest BCUT2D eigenvalue weighted by atomic mass is 10.1. The molecule has 0 N–H and O–H groups in total. The molecular formula is C20H18F2N4O4. The van der Waals surface area contributed by atoms with Gasteiger partial charge in [-0.3, -0.25) is 4.79 Å². The third-order valence-electron chi connectivity index (χ3n) is 4.05. The van der Waals surface area contributed by atoms with Crippen molar-refractivity contribution in [3.63, 3.8) is 0 Å². The van der Waals surface area contributed by atoms with Crippen LogP contribution in [0.4, 0.5) is 8.78 Å². The van der Waals surface area contributed by atoms with Gasteiger partial charge in [0.15, 0.2) is 13.2 Å². The zero-order chi connectivity index (χ0) is 21.7. The lowest BCUT2D eigenvalue weighted by Gasteiger charge is -2.11. The molecule has 0 atom stereocenters. The first-order valence-electron chi connectivity index (χ1n) is 8.91. The Bertz CT molecular complexity index is 1050. The second-order valence-corrected chi connectivity index (χ2v) is 6.47. The van der Waals surface area contributed by atoms with Gasteiger partial charge in [-0.15, -0.1) is 10.2 Å². The highest BCUT2D eigenvalue weighted by molar-refractivity contribution is 6.00. The van der Waals surface area contributed by atoms with Gasteiger partial charge in [0, 0.05) is 5.56 Å². The van der Waals surface area contributed by atoms with Gasteiger partial charge in [0.2, 0.25) is 11.6 Å². The van der Waals surface area contributed by atoms with Gasteiger partial charge < -0.3 is 9.47 Å². The van der Waals surface area contributed by atoms with Crippen LogP contribution in [0.5, 0.6) is 5.75 Å². The lowest BCUT2D eigenvalue weighted by molar-refractivity contribution is -0.143. The van der Waals surface area contributed by atoms with Gasteiger partial charge in [-0.25, -0.2) is 4.79 Å². The number of esters is 1. The highest BCUT2D eigenvalue weighted by atomic mass is 19.3. The maximum absolute atomic E-state index is 12.5. The quantitative estimate of drug-likeness (QED) is 0.411. The second kappa shape index (κ2) is 9.21. The fourth-order valence-electron chi connectivity index (χ4n) is 2.57. The Labute approximate surface area is 170 Å². The Hall–Kier alpha value is -3.69. The Morgan fingerprint density at radius 2 is 1.77 bits per heavy atom. The number of carbonyl (C=O) groups excluding carboxylic acids is 2. The third kappa shape index (κ3) is 5.43. The average Bonchev–Trinajstić information content (AvgIpc) is 3.16. The number of benzene rings is 2. The molecule has 2 aromatic carbocycles. The summed E-state index contributed by atoms with van der Waals surface area (Å²) >= 11 is 0. The maximum Gasteiger partial charge on any atom is 0.387 e. The monoisotopic (exact) mass is 416 g/mol. The smallest absolute Gasteiger partial charge is 0.387 e. The normalized spacial score (nSPS) is 10.8. The number of ether oxygens (including phenoxy) is 2. The van der Waals surface area contributed by atoms with Crippen molar-refractivity contribution in [3.05, 3.63) is 59.2 Å². The molecule has 0 aliphatic rings. The fraction of sp³-hybridized carbons (Fsp3) is 0.250. The van der Waals surface area contributed by atoms with E-state index in [-0.39, 0.29) is 17.9 Å². The number of hydrogen-bond acceptors (Lipinski definition) is 7. The number of aromatic nitrogens is 4. The van der Waals surface area contributed by atoms with Crippen molar-refractivity contribution in [2.75, 3.05) is 6.61 Å². The summed E-state index contributed by atoms with van der Waals surface area (Å²) in [5.74, 6) is -1.39. The van der Waals surface area contributed by atoms with Crippen LogP contribution in [0.2, 0.25) is 0 Å². The number of halogens is 2. The Kier molecular flexibility index (Phi) is 6.45. The maximum atomic E-state index is 12.5. The van der Waals surface area contributed by atoms with E-state index in [0.29, 0.717) is 11.4 Å². The van der Waals surface area contributed by atoms with Crippen LogP contribution in [0, 0.1) is 13.8 Å². The van der Waals surface area contributed by atoms with Gasteiger partial charge >= 0.3 is 12.6 Å². The number of carbonyl (C=O) groups is 2. The van der Waals surface area contributed by atoms with Crippen LogP contribution in [-0.2, 0) is 16.1 Å². The molecule has 0 saturated heterocycles. The number of ketones is 1. The van der Waals surface area contributed by atoms with E-state index in [2.05, 4.69) is 20.1 Å². The minimum atomic E-state index is -3.08. The summed E-state index contributed by atoms with van der Waals surface area (Å²) in [7, 11) is 0. The molecular weight excluding hydrogens is 398 g/mol. The second-order valence-electron chi connectivity index (χ2n) is 6.47. The Balaban J connectivity index is 1.59. The molecule has 3 aromatic rings. The minimum absolute atomic E-state index is 0.0939. The largest absolute Gasteiger partial charge is 0.456 e.